The Morgan fingerprint density at radius 2 is 1.86 bits per heavy atom. The first-order valence-corrected chi connectivity index (χ1v) is 4.08. The Labute approximate surface area is 81.4 Å². The SMILES string of the molecule is CC(=O)COOC(=O)c1ccccc1. The van der Waals surface area contributed by atoms with E-state index in [0.29, 0.717) is 5.56 Å². The van der Waals surface area contributed by atoms with Gasteiger partial charge >= 0.3 is 5.97 Å². The van der Waals surface area contributed by atoms with Crippen molar-refractivity contribution < 1.29 is 19.4 Å². The summed E-state index contributed by atoms with van der Waals surface area (Å²) in [5, 5.41) is 0. The Morgan fingerprint density at radius 3 is 2.43 bits per heavy atom. The van der Waals surface area contributed by atoms with E-state index in [0.717, 1.165) is 0 Å². The van der Waals surface area contributed by atoms with Crippen molar-refractivity contribution in [2.75, 3.05) is 6.61 Å². The van der Waals surface area contributed by atoms with E-state index in [9.17, 15) is 9.59 Å². The lowest BCUT2D eigenvalue weighted by molar-refractivity contribution is -0.236. The summed E-state index contributed by atoms with van der Waals surface area (Å²) in [5.74, 6) is -0.808. The van der Waals surface area contributed by atoms with E-state index in [1.165, 1.54) is 6.92 Å². The van der Waals surface area contributed by atoms with E-state index in [-0.39, 0.29) is 12.4 Å². The van der Waals surface area contributed by atoms with Crippen LogP contribution in [0.15, 0.2) is 30.3 Å². The molecule has 1 aromatic carbocycles. The molecule has 0 fully saturated rings. The molecule has 0 N–H and O–H groups in total. The van der Waals surface area contributed by atoms with Gasteiger partial charge in [-0.15, -0.1) is 0 Å². The zero-order chi connectivity index (χ0) is 10.4. The van der Waals surface area contributed by atoms with Gasteiger partial charge in [0.15, 0.2) is 12.4 Å². The van der Waals surface area contributed by atoms with Gasteiger partial charge < -0.3 is 0 Å². The summed E-state index contributed by atoms with van der Waals surface area (Å²) in [6.07, 6.45) is 0. The van der Waals surface area contributed by atoms with Crippen molar-refractivity contribution >= 4 is 11.8 Å². The van der Waals surface area contributed by atoms with Crippen LogP contribution in [0.5, 0.6) is 0 Å². The smallest absolute Gasteiger partial charge is 0.297 e. The summed E-state index contributed by atoms with van der Waals surface area (Å²) in [4.78, 5) is 30.4. The standard InChI is InChI=1S/C10H10O4/c1-8(11)7-13-14-10(12)9-5-3-2-4-6-9/h2-6H,7H2,1H3. The lowest BCUT2D eigenvalue weighted by Gasteiger charge is -2.00. The van der Waals surface area contributed by atoms with Gasteiger partial charge in [-0.1, -0.05) is 18.2 Å². The third-order valence-electron chi connectivity index (χ3n) is 1.41. The van der Waals surface area contributed by atoms with E-state index in [4.69, 9.17) is 0 Å². The zero-order valence-corrected chi connectivity index (χ0v) is 7.73. The Balaban J connectivity index is 2.40. The fourth-order valence-corrected chi connectivity index (χ4v) is 0.788. The van der Waals surface area contributed by atoms with Crippen molar-refractivity contribution in [1.82, 2.24) is 0 Å². The normalized spacial score (nSPS) is 9.50. The van der Waals surface area contributed by atoms with Crippen LogP contribution in [0.4, 0.5) is 0 Å². The molecule has 1 aromatic rings. The molecule has 0 saturated carbocycles. The average molecular weight is 194 g/mol. The van der Waals surface area contributed by atoms with Crippen LogP contribution < -0.4 is 0 Å². The fraction of sp³-hybridized carbons (Fsp3) is 0.200. The van der Waals surface area contributed by atoms with Gasteiger partial charge in [0.05, 0.1) is 5.56 Å². The zero-order valence-electron chi connectivity index (χ0n) is 7.73. The number of hydrogen-bond donors (Lipinski definition) is 0. The molecule has 4 nitrogen and oxygen atoms in total. The number of rotatable bonds is 4. The van der Waals surface area contributed by atoms with Crippen molar-refractivity contribution in [2.45, 2.75) is 6.92 Å². The molecule has 0 radical (unpaired) electrons. The van der Waals surface area contributed by atoms with E-state index in [1.54, 1.807) is 30.3 Å². The molecule has 0 aliphatic rings. The largest absolute Gasteiger partial charge is 0.373 e. The van der Waals surface area contributed by atoms with Gasteiger partial charge in [-0.2, -0.15) is 4.89 Å². The van der Waals surface area contributed by atoms with Crippen LogP contribution in [0.1, 0.15) is 17.3 Å². The molecule has 0 saturated heterocycles. The molecule has 0 spiro atoms. The maximum Gasteiger partial charge on any atom is 0.373 e. The first kappa shape index (κ1) is 10.4. The molecule has 0 atom stereocenters. The van der Waals surface area contributed by atoms with E-state index in [1.807, 2.05) is 0 Å². The highest BCUT2D eigenvalue weighted by molar-refractivity contribution is 5.88. The van der Waals surface area contributed by atoms with Crippen molar-refractivity contribution in [1.29, 1.82) is 0 Å². The molecule has 4 heteroatoms. The average Bonchev–Trinajstić information content (AvgIpc) is 2.18. The molecular weight excluding hydrogens is 184 g/mol. The second-order valence-corrected chi connectivity index (χ2v) is 2.70. The Bertz CT molecular complexity index is 318. The number of hydrogen-bond acceptors (Lipinski definition) is 4. The van der Waals surface area contributed by atoms with Crippen LogP contribution in [0, 0.1) is 0 Å². The second kappa shape index (κ2) is 5.14. The molecule has 14 heavy (non-hydrogen) atoms. The van der Waals surface area contributed by atoms with Crippen molar-refractivity contribution in [3.63, 3.8) is 0 Å². The van der Waals surface area contributed by atoms with Crippen LogP contribution in [-0.2, 0) is 14.6 Å². The van der Waals surface area contributed by atoms with Crippen LogP contribution >= 0.6 is 0 Å². The first-order valence-electron chi connectivity index (χ1n) is 4.08. The molecular formula is C10H10O4. The molecule has 0 aromatic heterocycles. The van der Waals surface area contributed by atoms with Gasteiger partial charge in [0.1, 0.15) is 0 Å². The molecule has 0 aliphatic carbocycles. The van der Waals surface area contributed by atoms with Crippen LogP contribution in [0.2, 0.25) is 0 Å². The lowest BCUT2D eigenvalue weighted by atomic mass is 10.2. The number of carbonyl (C=O) groups is 2. The van der Waals surface area contributed by atoms with Crippen molar-refractivity contribution in [2.24, 2.45) is 0 Å². The monoisotopic (exact) mass is 194 g/mol. The number of benzene rings is 1. The number of carbonyl (C=O) groups excluding carboxylic acids is 2. The third-order valence-corrected chi connectivity index (χ3v) is 1.41. The minimum absolute atomic E-state index is 0.203. The maximum atomic E-state index is 11.2. The summed E-state index contributed by atoms with van der Waals surface area (Å²) in [5.41, 5.74) is 0.385. The van der Waals surface area contributed by atoms with Crippen molar-refractivity contribution in [3.8, 4) is 0 Å². The van der Waals surface area contributed by atoms with Gasteiger partial charge in [-0.05, 0) is 19.1 Å². The Morgan fingerprint density at radius 1 is 1.21 bits per heavy atom. The number of Topliss-reactive ketones (excluding diaryl/α,β-unsaturated/α-hetero) is 1. The van der Waals surface area contributed by atoms with Crippen LogP contribution in [-0.4, -0.2) is 18.4 Å². The highest BCUT2D eigenvalue weighted by atomic mass is 17.2. The minimum atomic E-state index is -0.605. The Kier molecular flexibility index (Phi) is 3.82. The van der Waals surface area contributed by atoms with Gasteiger partial charge in [0, 0.05) is 0 Å². The van der Waals surface area contributed by atoms with Gasteiger partial charge in [-0.3, -0.25) is 9.68 Å². The maximum absolute atomic E-state index is 11.2. The topological polar surface area (TPSA) is 52.6 Å². The van der Waals surface area contributed by atoms with Gasteiger partial charge in [0.25, 0.3) is 0 Å². The minimum Gasteiger partial charge on any atom is -0.297 e. The van der Waals surface area contributed by atoms with E-state index >= 15 is 0 Å². The summed E-state index contributed by atoms with van der Waals surface area (Å²) in [6, 6.07) is 8.40. The highest BCUT2D eigenvalue weighted by Gasteiger charge is 2.07. The summed E-state index contributed by atoms with van der Waals surface area (Å²) < 4.78 is 0. The van der Waals surface area contributed by atoms with E-state index in [2.05, 4.69) is 9.78 Å². The quantitative estimate of drug-likeness (QED) is 0.536. The summed E-state index contributed by atoms with van der Waals surface area (Å²) in [6.45, 7) is 1.12. The van der Waals surface area contributed by atoms with E-state index < -0.39 is 5.97 Å². The van der Waals surface area contributed by atoms with Gasteiger partial charge in [0.2, 0.25) is 0 Å². The predicted octanol–water partition coefficient (Wildman–Crippen LogP) is 1.36. The summed E-state index contributed by atoms with van der Waals surface area (Å²) >= 11 is 0. The lowest BCUT2D eigenvalue weighted by Crippen LogP contribution is -2.10. The molecule has 0 bridgehead atoms. The summed E-state index contributed by atoms with van der Waals surface area (Å²) in [7, 11) is 0. The Hall–Kier alpha value is -1.68. The molecule has 74 valence electrons. The highest BCUT2D eigenvalue weighted by Crippen LogP contribution is 2.00. The third kappa shape index (κ3) is 3.37. The second-order valence-electron chi connectivity index (χ2n) is 2.70. The molecule has 1 rings (SSSR count). The molecule has 0 amide bonds. The van der Waals surface area contributed by atoms with Gasteiger partial charge in [-0.25, -0.2) is 4.79 Å². The van der Waals surface area contributed by atoms with Crippen LogP contribution in [0.25, 0.3) is 0 Å². The number of ketones is 1. The first-order chi connectivity index (χ1) is 6.70. The predicted molar refractivity (Wildman–Crippen MR) is 48.5 cm³/mol. The molecule has 0 aliphatic heterocycles. The molecule has 0 unspecified atom stereocenters. The molecule has 0 heterocycles. The van der Waals surface area contributed by atoms with Crippen molar-refractivity contribution in [3.05, 3.63) is 35.9 Å². The van der Waals surface area contributed by atoms with Crippen LogP contribution in [0.3, 0.4) is 0 Å². The fourth-order valence-electron chi connectivity index (χ4n) is 0.788.